The molecule has 2 aromatic heterocycles. The quantitative estimate of drug-likeness (QED) is 0.605. The van der Waals surface area contributed by atoms with Crippen LogP contribution < -0.4 is 10.9 Å². The van der Waals surface area contributed by atoms with Crippen LogP contribution in [0.1, 0.15) is 16.1 Å². The van der Waals surface area contributed by atoms with Gasteiger partial charge in [-0.1, -0.05) is 53.8 Å². The highest BCUT2D eigenvalue weighted by Gasteiger charge is 2.13. The van der Waals surface area contributed by atoms with Gasteiger partial charge < -0.3 is 0 Å². The molecule has 0 aliphatic heterocycles. The van der Waals surface area contributed by atoms with Crippen LogP contribution in [0.3, 0.4) is 0 Å². The number of carbonyl (C=O) groups is 1. The molecule has 0 bridgehead atoms. The van der Waals surface area contributed by atoms with Crippen molar-refractivity contribution < 1.29 is 4.79 Å². The molecule has 4 aromatic rings. The second-order valence-electron chi connectivity index (χ2n) is 5.64. The van der Waals surface area contributed by atoms with Crippen LogP contribution in [0.15, 0.2) is 71.5 Å². The second-order valence-corrected chi connectivity index (χ2v) is 6.67. The van der Waals surface area contributed by atoms with Crippen LogP contribution in [0, 0.1) is 0 Å². The predicted molar refractivity (Wildman–Crippen MR) is 102 cm³/mol. The summed E-state index contributed by atoms with van der Waals surface area (Å²) >= 11 is 1.39. The third-order valence-electron chi connectivity index (χ3n) is 3.79. The molecule has 0 aliphatic carbocycles. The van der Waals surface area contributed by atoms with Crippen molar-refractivity contribution in [3.63, 3.8) is 0 Å². The lowest BCUT2D eigenvalue weighted by molar-refractivity contribution is 0.102. The molecule has 0 radical (unpaired) electrons. The van der Waals surface area contributed by atoms with Crippen molar-refractivity contribution in [3.05, 3.63) is 88.3 Å². The fraction of sp³-hybridized carbons (Fsp3) is 0.0526. The maximum Gasteiger partial charge on any atom is 0.277 e. The molecule has 26 heavy (non-hydrogen) atoms. The third kappa shape index (κ3) is 3.38. The number of hydrogen-bond acceptors (Lipinski definition) is 5. The summed E-state index contributed by atoms with van der Waals surface area (Å²) in [5, 5.41) is 7.43. The summed E-state index contributed by atoms with van der Waals surface area (Å²) in [4.78, 5) is 28.9. The zero-order chi connectivity index (χ0) is 17.9. The van der Waals surface area contributed by atoms with E-state index in [4.69, 9.17) is 0 Å². The van der Waals surface area contributed by atoms with E-state index >= 15 is 0 Å². The lowest BCUT2D eigenvalue weighted by atomic mass is 10.2. The lowest BCUT2D eigenvalue weighted by Crippen LogP contribution is -2.26. The SMILES string of the molecule is O=C(Nc1nc2ccccc2s1)c1ccc(=O)n(Cc2ccccc2)n1. The Morgan fingerprint density at radius 3 is 2.58 bits per heavy atom. The molecule has 0 unspecified atom stereocenters. The minimum Gasteiger partial charge on any atom is -0.296 e. The number of aromatic nitrogens is 3. The van der Waals surface area contributed by atoms with Crippen LogP contribution in [0.25, 0.3) is 10.2 Å². The van der Waals surface area contributed by atoms with E-state index < -0.39 is 5.91 Å². The van der Waals surface area contributed by atoms with Crippen molar-refractivity contribution in [2.45, 2.75) is 6.54 Å². The van der Waals surface area contributed by atoms with Gasteiger partial charge in [-0.25, -0.2) is 9.67 Å². The summed E-state index contributed by atoms with van der Waals surface area (Å²) in [6.07, 6.45) is 0. The van der Waals surface area contributed by atoms with Crippen LogP contribution in [0.5, 0.6) is 0 Å². The van der Waals surface area contributed by atoms with Gasteiger partial charge in [0.25, 0.3) is 11.5 Å². The van der Waals surface area contributed by atoms with Crippen molar-refractivity contribution in [2.24, 2.45) is 0 Å². The average Bonchev–Trinajstić information content (AvgIpc) is 3.06. The Morgan fingerprint density at radius 1 is 1.00 bits per heavy atom. The highest BCUT2D eigenvalue weighted by molar-refractivity contribution is 7.22. The molecule has 0 aliphatic rings. The first kappa shape index (κ1) is 16.2. The van der Waals surface area contributed by atoms with E-state index in [1.54, 1.807) is 0 Å². The van der Waals surface area contributed by atoms with Gasteiger partial charge in [0.15, 0.2) is 5.13 Å². The van der Waals surface area contributed by atoms with Gasteiger partial charge in [0.05, 0.1) is 16.8 Å². The van der Waals surface area contributed by atoms with Gasteiger partial charge in [0.1, 0.15) is 5.69 Å². The highest BCUT2D eigenvalue weighted by Crippen LogP contribution is 2.25. The van der Waals surface area contributed by atoms with Gasteiger partial charge in [-0.15, -0.1) is 0 Å². The van der Waals surface area contributed by atoms with E-state index in [1.807, 2.05) is 54.6 Å². The van der Waals surface area contributed by atoms with Gasteiger partial charge in [-0.3, -0.25) is 14.9 Å². The van der Waals surface area contributed by atoms with Crippen LogP contribution >= 0.6 is 11.3 Å². The Balaban J connectivity index is 1.57. The summed E-state index contributed by atoms with van der Waals surface area (Å²) < 4.78 is 2.27. The van der Waals surface area contributed by atoms with Crippen LogP contribution in [-0.4, -0.2) is 20.7 Å². The van der Waals surface area contributed by atoms with Gasteiger partial charge in [0.2, 0.25) is 0 Å². The zero-order valence-corrected chi connectivity index (χ0v) is 14.4. The van der Waals surface area contributed by atoms with E-state index in [0.29, 0.717) is 11.7 Å². The van der Waals surface area contributed by atoms with Gasteiger partial charge >= 0.3 is 0 Å². The maximum atomic E-state index is 12.5. The number of carbonyl (C=O) groups excluding carboxylic acids is 1. The molecule has 1 amide bonds. The number of para-hydroxylation sites is 1. The summed E-state index contributed by atoms with van der Waals surface area (Å²) in [5.41, 5.74) is 1.67. The molecule has 0 saturated heterocycles. The Morgan fingerprint density at radius 2 is 1.77 bits per heavy atom. The molecule has 0 saturated carbocycles. The molecule has 6 nitrogen and oxygen atoms in total. The summed E-state index contributed by atoms with van der Waals surface area (Å²) in [7, 11) is 0. The number of rotatable bonds is 4. The monoisotopic (exact) mass is 362 g/mol. The number of benzene rings is 2. The van der Waals surface area contributed by atoms with Crippen molar-refractivity contribution >= 4 is 32.6 Å². The van der Waals surface area contributed by atoms with Gasteiger partial charge in [0, 0.05) is 6.07 Å². The Labute approximate surface area is 152 Å². The van der Waals surface area contributed by atoms with Crippen molar-refractivity contribution in [3.8, 4) is 0 Å². The minimum atomic E-state index is -0.397. The number of nitrogens with zero attached hydrogens (tertiary/aromatic N) is 3. The van der Waals surface area contributed by atoms with Gasteiger partial charge in [-0.2, -0.15) is 5.10 Å². The smallest absolute Gasteiger partial charge is 0.277 e. The number of anilines is 1. The second kappa shape index (κ2) is 6.89. The molecule has 7 heteroatoms. The molecule has 0 atom stereocenters. The topological polar surface area (TPSA) is 76.9 Å². The molecule has 0 spiro atoms. The van der Waals surface area contributed by atoms with E-state index in [9.17, 15) is 9.59 Å². The Bertz CT molecular complexity index is 1100. The third-order valence-corrected chi connectivity index (χ3v) is 4.74. The summed E-state index contributed by atoms with van der Waals surface area (Å²) in [6.45, 7) is 0.307. The first-order chi connectivity index (χ1) is 12.7. The molecule has 0 fully saturated rings. The van der Waals surface area contributed by atoms with E-state index in [-0.39, 0.29) is 11.3 Å². The molecular formula is C19H14N4O2S. The largest absolute Gasteiger partial charge is 0.296 e. The predicted octanol–water partition coefficient (Wildman–Crippen LogP) is 3.15. The Kier molecular flexibility index (Phi) is 4.28. The number of thiazole rings is 1. The normalized spacial score (nSPS) is 10.8. The number of fused-ring (bicyclic) bond motifs is 1. The molecular weight excluding hydrogens is 348 g/mol. The van der Waals surface area contributed by atoms with Crippen LogP contribution in [0.4, 0.5) is 5.13 Å². The number of nitrogens with one attached hydrogen (secondary N) is 1. The standard InChI is InChI=1S/C19H14N4O2S/c24-17-11-10-15(22-23(17)12-13-6-2-1-3-7-13)18(25)21-19-20-14-8-4-5-9-16(14)26-19/h1-11H,12H2,(H,20,21,25). The van der Waals surface area contributed by atoms with E-state index in [2.05, 4.69) is 15.4 Å². The molecule has 128 valence electrons. The van der Waals surface area contributed by atoms with E-state index in [1.165, 1.54) is 28.2 Å². The zero-order valence-electron chi connectivity index (χ0n) is 13.6. The maximum absolute atomic E-state index is 12.5. The molecule has 2 heterocycles. The van der Waals surface area contributed by atoms with Crippen molar-refractivity contribution in [1.82, 2.24) is 14.8 Å². The van der Waals surface area contributed by atoms with E-state index in [0.717, 1.165) is 15.8 Å². The summed E-state index contributed by atoms with van der Waals surface area (Å²) in [6, 6.07) is 19.9. The minimum absolute atomic E-state index is 0.166. The Hall–Kier alpha value is -3.32. The fourth-order valence-electron chi connectivity index (χ4n) is 2.53. The van der Waals surface area contributed by atoms with Gasteiger partial charge in [-0.05, 0) is 23.8 Å². The molecule has 2 aromatic carbocycles. The van der Waals surface area contributed by atoms with Crippen molar-refractivity contribution in [2.75, 3.05) is 5.32 Å². The fourth-order valence-corrected chi connectivity index (χ4v) is 3.39. The van der Waals surface area contributed by atoms with Crippen LogP contribution in [-0.2, 0) is 6.54 Å². The first-order valence-corrected chi connectivity index (χ1v) is 8.80. The van der Waals surface area contributed by atoms with Crippen molar-refractivity contribution in [1.29, 1.82) is 0 Å². The summed E-state index contributed by atoms with van der Waals surface area (Å²) in [5.74, 6) is -0.397. The lowest BCUT2D eigenvalue weighted by Gasteiger charge is -2.07. The first-order valence-electron chi connectivity index (χ1n) is 7.98. The molecule has 1 N–H and O–H groups in total. The average molecular weight is 362 g/mol. The number of amides is 1. The van der Waals surface area contributed by atoms with Crippen LogP contribution in [0.2, 0.25) is 0 Å². The molecule has 4 rings (SSSR count). The highest BCUT2D eigenvalue weighted by atomic mass is 32.1. The number of hydrogen-bond donors (Lipinski definition) is 1.